The molecule has 0 aromatic carbocycles. The zero-order valence-electron chi connectivity index (χ0n) is 19.7. The third-order valence-corrected chi connectivity index (χ3v) is 8.08. The van der Waals surface area contributed by atoms with E-state index in [1.54, 1.807) is 0 Å². The summed E-state index contributed by atoms with van der Waals surface area (Å²) >= 11 is 0. The second kappa shape index (κ2) is 6.84. The van der Waals surface area contributed by atoms with E-state index in [1.165, 1.54) is 38.5 Å². The molecule has 3 aliphatic rings. The van der Waals surface area contributed by atoms with E-state index in [0.717, 1.165) is 0 Å². The lowest BCUT2D eigenvalue weighted by Crippen LogP contribution is -2.29. The van der Waals surface area contributed by atoms with E-state index in [-0.39, 0.29) is 5.60 Å². The first-order valence-electron chi connectivity index (χ1n) is 10.5. The van der Waals surface area contributed by atoms with Crippen LogP contribution in [0.15, 0.2) is 0 Å². The molecule has 0 N–H and O–H groups in total. The topological polar surface area (TPSA) is 9.23 Å². The molecule has 3 aliphatic carbocycles. The first-order valence-corrected chi connectivity index (χ1v) is 10.5. The van der Waals surface area contributed by atoms with E-state index >= 15 is 0 Å². The molecule has 3 fully saturated rings. The molecule has 3 saturated carbocycles. The zero-order chi connectivity index (χ0) is 19.9. The van der Waals surface area contributed by atoms with Gasteiger partial charge < -0.3 is 4.74 Å². The largest absolute Gasteiger partial charge is 0.378 e. The first-order chi connectivity index (χ1) is 10.9. The van der Waals surface area contributed by atoms with Crippen LogP contribution in [0.4, 0.5) is 0 Å². The van der Waals surface area contributed by atoms with Gasteiger partial charge in [-0.1, -0.05) is 76.2 Å². The Kier molecular flexibility index (Phi) is 6.30. The van der Waals surface area contributed by atoms with Gasteiger partial charge in [0.05, 0.1) is 5.60 Å². The lowest BCUT2D eigenvalue weighted by atomic mass is 9.79. The van der Waals surface area contributed by atoms with Crippen LogP contribution in [0, 0.1) is 27.1 Å². The fourth-order valence-corrected chi connectivity index (χ4v) is 3.25. The maximum absolute atomic E-state index is 5.41. The molecule has 0 aromatic heterocycles. The van der Waals surface area contributed by atoms with Crippen molar-refractivity contribution in [1.82, 2.24) is 0 Å². The summed E-state index contributed by atoms with van der Waals surface area (Å²) in [5.41, 5.74) is 3.04. The van der Waals surface area contributed by atoms with Crippen LogP contribution in [-0.4, -0.2) is 12.7 Å². The van der Waals surface area contributed by atoms with Crippen molar-refractivity contribution in [3.05, 3.63) is 0 Å². The number of methoxy groups -OCH3 is 1. The van der Waals surface area contributed by atoms with Crippen LogP contribution in [0.3, 0.4) is 0 Å². The molecule has 0 heterocycles. The van der Waals surface area contributed by atoms with Crippen LogP contribution in [-0.2, 0) is 4.74 Å². The summed E-state index contributed by atoms with van der Waals surface area (Å²) in [6.45, 7) is 25.5. The van der Waals surface area contributed by atoms with Gasteiger partial charge in [-0.2, -0.15) is 0 Å². The first kappa shape index (κ1) is 23.0. The highest BCUT2D eigenvalue weighted by atomic mass is 16.5. The number of rotatable bonds is 1. The minimum absolute atomic E-state index is 0.229. The van der Waals surface area contributed by atoms with Crippen molar-refractivity contribution in [2.45, 2.75) is 120 Å². The summed E-state index contributed by atoms with van der Waals surface area (Å²) in [5, 5.41) is 0. The number of hydrogen-bond donors (Lipinski definition) is 0. The second-order valence-corrected chi connectivity index (χ2v) is 12.6. The molecule has 0 atom stereocenters. The van der Waals surface area contributed by atoms with Gasteiger partial charge in [-0.3, -0.25) is 0 Å². The summed E-state index contributed by atoms with van der Waals surface area (Å²) in [4.78, 5) is 0. The van der Waals surface area contributed by atoms with Crippen LogP contribution in [0.5, 0.6) is 0 Å². The Labute approximate surface area is 159 Å². The number of hydrogen-bond acceptors (Lipinski definition) is 1. The van der Waals surface area contributed by atoms with Crippen LogP contribution in [0.25, 0.3) is 0 Å². The predicted octanol–water partition coefficient (Wildman–Crippen LogP) is 7.88. The van der Waals surface area contributed by atoms with Crippen LogP contribution >= 0.6 is 0 Å². The smallest absolute Gasteiger partial charge is 0.0728 e. The maximum atomic E-state index is 5.41. The molecule has 1 nitrogen and oxygen atoms in total. The third kappa shape index (κ3) is 5.72. The molecule has 0 radical (unpaired) electrons. The normalized spacial score (nSPS) is 25.0. The molecule has 0 spiro atoms. The van der Waals surface area contributed by atoms with E-state index in [1.807, 2.05) is 7.11 Å². The molecule has 0 aliphatic heterocycles. The van der Waals surface area contributed by atoms with E-state index in [9.17, 15) is 0 Å². The van der Waals surface area contributed by atoms with Crippen molar-refractivity contribution >= 4 is 0 Å². The minimum atomic E-state index is 0.229. The Morgan fingerprint density at radius 1 is 0.520 bits per heavy atom. The van der Waals surface area contributed by atoms with Gasteiger partial charge in [0.1, 0.15) is 0 Å². The van der Waals surface area contributed by atoms with E-state index < -0.39 is 0 Å². The van der Waals surface area contributed by atoms with Crippen LogP contribution in [0.1, 0.15) is 115 Å². The Balaban J connectivity index is 0.000000188. The molecule has 150 valence electrons. The molecule has 0 aromatic rings. The molecule has 0 unspecified atom stereocenters. The highest BCUT2D eigenvalue weighted by Gasteiger charge is 2.52. The van der Waals surface area contributed by atoms with Gasteiger partial charge in [-0.15, -0.1) is 0 Å². The van der Waals surface area contributed by atoms with Gasteiger partial charge in [0.15, 0.2) is 0 Å². The quantitative estimate of drug-likeness (QED) is 0.466. The van der Waals surface area contributed by atoms with Crippen molar-refractivity contribution < 1.29 is 4.74 Å². The standard InChI is InChI=1S/C8H16O.2C8H16/c1-7(2,3)8(9-4)5-6-8;2*1-7(2,3)8(4)5-6-8/h5-6H2,1-4H3;2*5-6H2,1-4H3. The molecule has 1 heteroatoms. The maximum Gasteiger partial charge on any atom is 0.0728 e. The fourth-order valence-electron chi connectivity index (χ4n) is 3.25. The van der Waals surface area contributed by atoms with Crippen LogP contribution in [0.2, 0.25) is 0 Å². The Morgan fingerprint density at radius 3 is 0.800 bits per heavy atom. The summed E-state index contributed by atoms with van der Waals surface area (Å²) in [5.74, 6) is 0. The van der Waals surface area contributed by atoms with E-state index in [0.29, 0.717) is 27.1 Å². The monoisotopic (exact) mass is 352 g/mol. The Hall–Kier alpha value is -0.0400. The summed E-state index contributed by atoms with van der Waals surface area (Å²) in [6.07, 6.45) is 8.25. The SMILES string of the molecule is CC(C)(C)C1(C)CC1.CC(C)(C)C1(C)CC1.COC1(C(C)(C)C)CC1. The van der Waals surface area contributed by atoms with Gasteiger partial charge in [0, 0.05) is 7.11 Å². The minimum Gasteiger partial charge on any atom is -0.378 e. The second-order valence-electron chi connectivity index (χ2n) is 12.6. The molecular weight excluding hydrogens is 304 g/mol. The van der Waals surface area contributed by atoms with Crippen molar-refractivity contribution in [1.29, 1.82) is 0 Å². The van der Waals surface area contributed by atoms with E-state index in [2.05, 4.69) is 76.2 Å². The number of ether oxygens (including phenoxy) is 1. The lowest BCUT2D eigenvalue weighted by molar-refractivity contribution is -0.00737. The fraction of sp³-hybridized carbons (Fsp3) is 1.00. The van der Waals surface area contributed by atoms with Gasteiger partial charge in [-0.05, 0) is 65.6 Å². The summed E-state index contributed by atoms with van der Waals surface area (Å²) < 4.78 is 5.41. The summed E-state index contributed by atoms with van der Waals surface area (Å²) in [6, 6.07) is 0. The zero-order valence-corrected chi connectivity index (χ0v) is 19.7. The van der Waals surface area contributed by atoms with E-state index in [4.69, 9.17) is 4.74 Å². The Bertz CT molecular complexity index is 392. The Morgan fingerprint density at radius 2 is 0.800 bits per heavy atom. The van der Waals surface area contributed by atoms with Crippen LogP contribution < -0.4 is 0 Å². The van der Waals surface area contributed by atoms with Crippen molar-refractivity contribution in [2.24, 2.45) is 27.1 Å². The van der Waals surface area contributed by atoms with Crippen molar-refractivity contribution in [3.63, 3.8) is 0 Å². The summed E-state index contributed by atoms with van der Waals surface area (Å²) in [7, 11) is 1.82. The molecule has 0 amide bonds. The van der Waals surface area contributed by atoms with Crippen molar-refractivity contribution in [3.8, 4) is 0 Å². The van der Waals surface area contributed by atoms with Crippen molar-refractivity contribution in [2.75, 3.05) is 7.11 Å². The van der Waals surface area contributed by atoms with Gasteiger partial charge in [0.25, 0.3) is 0 Å². The average molecular weight is 353 g/mol. The van der Waals surface area contributed by atoms with Gasteiger partial charge in [0.2, 0.25) is 0 Å². The predicted molar refractivity (Wildman–Crippen MR) is 112 cm³/mol. The molecule has 3 rings (SSSR count). The third-order valence-electron chi connectivity index (χ3n) is 8.08. The molecule has 0 bridgehead atoms. The lowest BCUT2D eigenvalue weighted by Gasteiger charge is -2.29. The molecular formula is C24H48O. The average Bonchev–Trinajstić information content (AvgIpc) is 3.25. The highest BCUT2D eigenvalue weighted by molar-refractivity contribution is 5.04. The van der Waals surface area contributed by atoms with Gasteiger partial charge >= 0.3 is 0 Å². The highest BCUT2D eigenvalue weighted by Crippen LogP contribution is 2.58. The molecule has 0 saturated heterocycles. The van der Waals surface area contributed by atoms with Gasteiger partial charge in [-0.25, -0.2) is 0 Å². The molecule has 25 heavy (non-hydrogen) atoms.